The SMILES string of the molecule is CC(C)NCCC(=O)NCC1(C(=O)O)CCOCC1. The molecule has 1 aliphatic heterocycles. The zero-order valence-electron chi connectivity index (χ0n) is 11.7. The van der Waals surface area contributed by atoms with E-state index >= 15 is 0 Å². The van der Waals surface area contributed by atoms with Crippen LogP contribution in [0.5, 0.6) is 0 Å². The summed E-state index contributed by atoms with van der Waals surface area (Å²) >= 11 is 0. The van der Waals surface area contributed by atoms with E-state index in [4.69, 9.17) is 4.74 Å². The first-order valence-electron chi connectivity index (χ1n) is 6.77. The van der Waals surface area contributed by atoms with Crippen molar-refractivity contribution in [1.29, 1.82) is 0 Å². The first-order valence-corrected chi connectivity index (χ1v) is 6.77. The van der Waals surface area contributed by atoms with Crippen LogP contribution in [0, 0.1) is 5.41 Å². The number of amides is 1. The third-order valence-electron chi connectivity index (χ3n) is 3.43. The molecule has 0 saturated carbocycles. The van der Waals surface area contributed by atoms with Crippen molar-refractivity contribution < 1.29 is 19.4 Å². The van der Waals surface area contributed by atoms with Crippen molar-refractivity contribution in [2.75, 3.05) is 26.3 Å². The Balaban J connectivity index is 2.35. The van der Waals surface area contributed by atoms with Gasteiger partial charge in [-0.15, -0.1) is 0 Å². The number of ether oxygens (including phenoxy) is 1. The van der Waals surface area contributed by atoms with Crippen molar-refractivity contribution >= 4 is 11.9 Å². The number of rotatable bonds is 7. The Morgan fingerprint density at radius 3 is 2.47 bits per heavy atom. The van der Waals surface area contributed by atoms with Crippen LogP contribution in [-0.2, 0) is 14.3 Å². The van der Waals surface area contributed by atoms with Gasteiger partial charge in [0.2, 0.25) is 5.91 Å². The van der Waals surface area contributed by atoms with Crippen molar-refractivity contribution in [2.45, 2.75) is 39.2 Å². The lowest BCUT2D eigenvalue weighted by Gasteiger charge is -2.33. The second-order valence-electron chi connectivity index (χ2n) is 5.33. The van der Waals surface area contributed by atoms with Crippen LogP contribution in [0.1, 0.15) is 33.1 Å². The van der Waals surface area contributed by atoms with E-state index in [1.54, 1.807) is 0 Å². The number of carboxylic acids is 1. The maximum atomic E-state index is 11.7. The predicted octanol–water partition coefficient (Wildman–Crippen LogP) is 0.372. The molecule has 1 heterocycles. The third-order valence-corrected chi connectivity index (χ3v) is 3.43. The number of nitrogens with one attached hydrogen (secondary N) is 2. The molecule has 1 aliphatic rings. The number of hydrogen-bond donors (Lipinski definition) is 3. The van der Waals surface area contributed by atoms with Crippen molar-refractivity contribution in [2.24, 2.45) is 5.41 Å². The van der Waals surface area contributed by atoms with Gasteiger partial charge in [0.1, 0.15) is 0 Å². The molecule has 0 aliphatic carbocycles. The predicted molar refractivity (Wildman–Crippen MR) is 70.9 cm³/mol. The lowest BCUT2D eigenvalue weighted by Crippen LogP contribution is -2.46. The summed E-state index contributed by atoms with van der Waals surface area (Å²) in [7, 11) is 0. The molecule has 0 aromatic rings. The standard InChI is InChI=1S/C13H24N2O4/c1-10(2)14-6-3-11(16)15-9-13(12(17)18)4-7-19-8-5-13/h10,14H,3-9H2,1-2H3,(H,15,16)(H,17,18). The number of carbonyl (C=O) groups is 2. The highest BCUT2D eigenvalue weighted by atomic mass is 16.5. The molecule has 1 rings (SSSR count). The fraction of sp³-hybridized carbons (Fsp3) is 0.846. The van der Waals surface area contributed by atoms with Gasteiger partial charge < -0.3 is 20.5 Å². The molecule has 1 amide bonds. The number of aliphatic carboxylic acids is 1. The van der Waals surface area contributed by atoms with E-state index in [1.165, 1.54) is 0 Å². The van der Waals surface area contributed by atoms with Gasteiger partial charge in [-0.1, -0.05) is 13.8 Å². The smallest absolute Gasteiger partial charge is 0.311 e. The van der Waals surface area contributed by atoms with Crippen molar-refractivity contribution in [1.82, 2.24) is 10.6 Å². The van der Waals surface area contributed by atoms with E-state index in [2.05, 4.69) is 10.6 Å². The highest BCUT2D eigenvalue weighted by Crippen LogP contribution is 2.30. The highest BCUT2D eigenvalue weighted by molar-refractivity contribution is 5.79. The van der Waals surface area contributed by atoms with Crippen LogP contribution in [0.3, 0.4) is 0 Å². The average Bonchev–Trinajstić information content (AvgIpc) is 2.37. The van der Waals surface area contributed by atoms with Gasteiger partial charge in [-0.2, -0.15) is 0 Å². The monoisotopic (exact) mass is 272 g/mol. The van der Waals surface area contributed by atoms with Crippen LogP contribution in [0.15, 0.2) is 0 Å². The molecular weight excluding hydrogens is 248 g/mol. The topological polar surface area (TPSA) is 87.7 Å². The molecular formula is C13H24N2O4. The summed E-state index contributed by atoms with van der Waals surface area (Å²) in [5.74, 6) is -0.961. The molecule has 3 N–H and O–H groups in total. The highest BCUT2D eigenvalue weighted by Gasteiger charge is 2.40. The van der Waals surface area contributed by atoms with Crippen LogP contribution in [0.25, 0.3) is 0 Å². The molecule has 110 valence electrons. The van der Waals surface area contributed by atoms with E-state index in [0.717, 1.165) is 0 Å². The van der Waals surface area contributed by atoms with Gasteiger partial charge in [0.05, 0.1) is 5.41 Å². The van der Waals surface area contributed by atoms with Crippen molar-refractivity contribution in [3.63, 3.8) is 0 Å². The molecule has 6 nitrogen and oxygen atoms in total. The lowest BCUT2D eigenvalue weighted by molar-refractivity contribution is -0.154. The Labute approximate surface area is 113 Å². The molecule has 1 fully saturated rings. The molecule has 0 atom stereocenters. The van der Waals surface area contributed by atoms with Crippen LogP contribution in [0.2, 0.25) is 0 Å². The Kier molecular flexibility index (Phi) is 6.24. The fourth-order valence-electron chi connectivity index (χ4n) is 2.06. The lowest BCUT2D eigenvalue weighted by atomic mass is 9.80. The molecule has 0 spiro atoms. The molecule has 0 radical (unpaired) electrons. The largest absolute Gasteiger partial charge is 0.481 e. The summed E-state index contributed by atoms with van der Waals surface area (Å²) in [5, 5.41) is 15.2. The van der Waals surface area contributed by atoms with E-state index in [9.17, 15) is 14.7 Å². The fourth-order valence-corrected chi connectivity index (χ4v) is 2.06. The summed E-state index contributed by atoms with van der Waals surface area (Å²) in [6.45, 7) is 5.70. The summed E-state index contributed by atoms with van der Waals surface area (Å²) in [6, 6.07) is 0.341. The zero-order valence-corrected chi connectivity index (χ0v) is 11.7. The van der Waals surface area contributed by atoms with Gasteiger partial charge in [-0.25, -0.2) is 0 Å². The molecule has 0 aromatic carbocycles. The average molecular weight is 272 g/mol. The van der Waals surface area contributed by atoms with E-state index in [1.807, 2.05) is 13.8 Å². The Bertz CT molecular complexity index is 312. The molecule has 0 unspecified atom stereocenters. The van der Waals surface area contributed by atoms with E-state index < -0.39 is 11.4 Å². The quantitative estimate of drug-likeness (QED) is 0.623. The second-order valence-corrected chi connectivity index (χ2v) is 5.33. The molecule has 19 heavy (non-hydrogen) atoms. The van der Waals surface area contributed by atoms with Crippen LogP contribution >= 0.6 is 0 Å². The number of carbonyl (C=O) groups excluding carboxylic acids is 1. The van der Waals surface area contributed by atoms with E-state index in [0.29, 0.717) is 45.1 Å². The van der Waals surface area contributed by atoms with Gasteiger partial charge in [0.25, 0.3) is 0 Å². The van der Waals surface area contributed by atoms with Crippen LogP contribution in [0.4, 0.5) is 0 Å². The normalized spacial score (nSPS) is 18.3. The van der Waals surface area contributed by atoms with Gasteiger partial charge in [0, 0.05) is 38.8 Å². The van der Waals surface area contributed by atoms with Crippen LogP contribution in [-0.4, -0.2) is 49.3 Å². The first kappa shape index (κ1) is 15.9. The van der Waals surface area contributed by atoms with Gasteiger partial charge in [-0.3, -0.25) is 9.59 Å². The molecule has 6 heteroatoms. The minimum absolute atomic E-state index is 0.111. The summed E-state index contributed by atoms with van der Waals surface area (Å²) in [6.07, 6.45) is 1.27. The first-order chi connectivity index (χ1) is 8.96. The molecule has 0 bridgehead atoms. The molecule has 1 saturated heterocycles. The third kappa shape index (κ3) is 5.16. The number of hydrogen-bond acceptors (Lipinski definition) is 4. The minimum atomic E-state index is -0.862. The summed E-state index contributed by atoms with van der Waals surface area (Å²) in [5.41, 5.74) is -0.862. The maximum Gasteiger partial charge on any atom is 0.311 e. The Hall–Kier alpha value is -1.14. The van der Waals surface area contributed by atoms with Crippen LogP contribution < -0.4 is 10.6 Å². The Morgan fingerprint density at radius 1 is 1.32 bits per heavy atom. The summed E-state index contributed by atoms with van der Waals surface area (Å²) in [4.78, 5) is 23.0. The minimum Gasteiger partial charge on any atom is -0.481 e. The van der Waals surface area contributed by atoms with E-state index in [-0.39, 0.29) is 12.5 Å². The van der Waals surface area contributed by atoms with Crippen molar-refractivity contribution in [3.8, 4) is 0 Å². The molecule has 0 aromatic heterocycles. The number of carboxylic acid groups (broad SMARTS) is 1. The van der Waals surface area contributed by atoms with Gasteiger partial charge in [-0.05, 0) is 12.8 Å². The van der Waals surface area contributed by atoms with Crippen molar-refractivity contribution in [3.05, 3.63) is 0 Å². The second kappa shape index (κ2) is 7.45. The Morgan fingerprint density at radius 2 is 1.95 bits per heavy atom. The van der Waals surface area contributed by atoms with Gasteiger partial charge in [0.15, 0.2) is 0 Å². The zero-order chi connectivity index (χ0) is 14.3. The van der Waals surface area contributed by atoms with Gasteiger partial charge >= 0.3 is 5.97 Å². The summed E-state index contributed by atoms with van der Waals surface area (Å²) < 4.78 is 5.19. The maximum absolute atomic E-state index is 11.7.